The van der Waals surface area contributed by atoms with Gasteiger partial charge >= 0.3 is 0 Å². The van der Waals surface area contributed by atoms with Crippen molar-refractivity contribution in [3.05, 3.63) is 65.0 Å². The zero-order valence-corrected chi connectivity index (χ0v) is 16.0. The molecule has 1 N–H and O–H groups in total. The van der Waals surface area contributed by atoms with Crippen LogP contribution in [0.1, 0.15) is 4.88 Å². The molecule has 0 saturated carbocycles. The fourth-order valence-corrected chi connectivity index (χ4v) is 5.46. The topological polar surface area (TPSA) is 86.0 Å². The summed E-state index contributed by atoms with van der Waals surface area (Å²) in [7, 11) is -2.17. The molecule has 0 fully saturated rings. The Morgan fingerprint density at radius 1 is 1.27 bits per heavy atom. The molecule has 0 amide bonds. The molecule has 0 bridgehead atoms. The number of nitrogens with one attached hydrogen (secondary N) is 1. The van der Waals surface area contributed by atoms with E-state index in [0.29, 0.717) is 11.3 Å². The van der Waals surface area contributed by atoms with Crippen molar-refractivity contribution < 1.29 is 17.5 Å². The van der Waals surface area contributed by atoms with Crippen LogP contribution in [0, 0.1) is 11.2 Å². The number of pyridine rings is 2. The first kappa shape index (κ1) is 20.2. The van der Waals surface area contributed by atoms with Crippen LogP contribution >= 0.6 is 23.7 Å². The Morgan fingerprint density at radius 3 is 2.58 bits per heavy atom. The lowest BCUT2D eigenvalue weighted by Gasteiger charge is -2.06. The van der Waals surface area contributed by atoms with Crippen LogP contribution in [0.3, 0.4) is 0 Å². The highest BCUT2D eigenvalue weighted by molar-refractivity contribution is 7.93. The maximum absolute atomic E-state index is 14.1. The number of sulfone groups is 1. The Hall–Kier alpha value is -2.07. The average molecular weight is 416 g/mol. The van der Waals surface area contributed by atoms with Crippen molar-refractivity contribution in [3.63, 3.8) is 0 Å². The minimum absolute atomic E-state index is 0. The molecule has 138 valence electrons. The number of rotatable bonds is 5. The molecule has 3 aromatic heterocycles. The van der Waals surface area contributed by atoms with Gasteiger partial charge in [-0.1, -0.05) is 0 Å². The Labute approximate surface area is 160 Å². The quantitative estimate of drug-likeness (QED) is 0.393. The molecule has 0 atom stereocenters. The molecule has 0 aliphatic carbocycles. The highest BCUT2D eigenvalue weighted by atomic mass is 35.5. The van der Waals surface area contributed by atoms with E-state index in [1.807, 2.05) is 0 Å². The van der Waals surface area contributed by atoms with Gasteiger partial charge in [0.25, 0.3) is 0 Å². The van der Waals surface area contributed by atoms with Gasteiger partial charge < -0.3 is 10.5 Å². The van der Waals surface area contributed by atoms with Crippen LogP contribution in [0.4, 0.5) is 4.39 Å². The summed E-state index contributed by atoms with van der Waals surface area (Å²) in [5, 5.41) is 14.1. The van der Waals surface area contributed by atoms with Crippen molar-refractivity contribution in [1.29, 1.82) is 0 Å². The third kappa shape index (κ3) is 3.85. The fraction of sp³-hybridized carbons (Fsp3) is 0.125. The second-order valence-electron chi connectivity index (χ2n) is 5.18. The Balaban J connectivity index is 0.00000243. The second kappa shape index (κ2) is 8.09. The SMILES string of the molecule is CNCc1cc(-c2cccnc2F)c(S(=O)(=O)c2cc[n+]([O-])cc2)s1.Cl. The summed E-state index contributed by atoms with van der Waals surface area (Å²) >= 11 is 1.06. The van der Waals surface area contributed by atoms with E-state index in [1.165, 1.54) is 24.4 Å². The zero-order chi connectivity index (χ0) is 18.0. The lowest BCUT2D eigenvalue weighted by Crippen LogP contribution is -2.24. The number of halogens is 2. The van der Waals surface area contributed by atoms with Crippen molar-refractivity contribution in [3.8, 4) is 11.1 Å². The number of thiophene rings is 1. The minimum Gasteiger partial charge on any atom is -0.619 e. The van der Waals surface area contributed by atoms with E-state index in [9.17, 15) is 18.0 Å². The molecular formula is C16H15ClFN3O3S2. The van der Waals surface area contributed by atoms with Crippen molar-refractivity contribution in [2.45, 2.75) is 15.6 Å². The van der Waals surface area contributed by atoms with E-state index in [1.54, 1.807) is 19.2 Å². The van der Waals surface area contributed by atoms with E-state index in [2.05, 4.69) is 10.3 Å². The first-order valence-electron chi connectivity index (χ1n) is 7.25. The number of aromatic nitrogens is 2. The molecule has 0 radical (unpaired) electrons. The molecule has 0 aromatic carbocycles. The van der Waals surface area contributed by atoms with Gasteiger partial charge in [-0.15, -0.1) is 23.7 Å². The predicted octanol–water partition coefficient (Wildman–Crippen LogP) is 2.56. The summed E-state index contributed by atoms with van der Waals surface area (Å²) in [6.07, 6.45) is 3.52. The van der Waals surface area contributed by atoms with Crippen LogP contribution in [-0.2, 0) is 16.4 Å². The monoisotopic (exact) mass is 415 g/mol. The van der Waals surface area contributed by atoms with E-state index in [4.69, 9.17) is 0 Å². The number of hydrogen-bond donors (Lipinski definition) is 1. The van der Waals surface area contributed by atoms with Crippen LogP contribution in [0.15, 0.2) is 58.0 Å². The Morgan fingerprint density at radius 2 is 1.96 bits per heavy atom. The number of nitrogens with zero attached hydrogens (tertiary/aromatic N) is 2. The van der Waals surface area contributed by atoms with Gasteiger partial charge in [-0.2, -0.15) is 9.12 Å². The van der Waals surface area contributed by atoms with Gasteiger partial charge in [-0.25, -0.2) is 13.4 Å². The smallest absolute Gasteiger partial charge is 0.220 e. The molecule has 0 spiro atoms. The number of hydrogen-bond acceptors (Lipinski definition) is 6. The molecule has 3 heterocycles. The molecule has 0 aliphatic rings. The summed E-state index contributed by atoms with van der Waals surface area (Å²) in [4.78, 5) is 4.32. The van der Waals surface area contributed by atoms with Crippen LogP contribution in [-0.4, -0.2) is 20.4 Å². The second-order valence-corrected chi connectivity index (χ2v) is 8.46. The molecule has 0 aliphatic heterocycles. The maximum atomic E-state index is 14.1. The fourth-order valence-electron chi connectivity index (χ4n) is 2.34. The van der Waals surface area contributed by atoms with Gasteiger partial charge in [0.2, 0.25) is 15.8 Å². The van der Waals surface area contributed by atoms with Gasteiger partial charge in [-0.05, 0) is 25.2 Å². The van der Waals surface area contributed by atoms with Crippen LogP contribution in [0.25, 0.3) is 11.1 Å². The Kier molecular flexibility index (Phi) is 6.30. The van der Waals surface area contributed by atoms with Crippen LogP contribution in [0.5, 0.6) is 0 Å². The molecule has 3 rings (SSSR count). The van der Waals surface area contributed by atoms with E-state index >= 15 is 0 Å². The lowest BCUT2D eigenvalue weighted by molar-refractivity contribution is -0.605. The van der Waals surface area contributed by atoms with Crippen LogP contribution in [0.2, 0.25) is 0 Å². The first-order valence-corrected chi connectivity index (χ1v) is 9.55. The summed E-state index contributed by atoms with van der Waals surface area (Å²) < 4.78 is 40.7. The van der Waals surface area contributed by atoms with Crippen molar-refractivity contribution in [2.75, 3.05) is 7.05 Å². The molecule has 3 aromatic rings. The summed E-state index contributed by atoms with van der Waals surface area (Å²) in [6, 6.07) is 7.13. The highest BCUT2D eigenvalue weighted by Crippen LogP contribution is 2.38. The van der Waals surface area contributed by atoms with Crippen LogP contribution < -0.4 is 10.0 Å². The van der Waals surface area contributed by atoms with E-state index in [0.717, 1.165) is 28.6 Å². The molecule has 26 heavy (non-hydrogen) atoms. The summed E-state index contributed by atoms with van der Waals surface area (Å²) in [5.41, 5.74) is 0.384. The standard InChI is InChI=1S/C16H14FN3O3S2.ClH/c1-18-10-11-9-14(13-3-2-6-19-15(13)17)16(24-11)25(22,23)12-4-7-20(21)8-5-12;/h2-9,18H,10H2,1H3;1H. The van der Waals surface area contributed by atoms with Gasteiger partial charge in [0.15, 0.2) is 12.4 Å². The molecular weight excluding hydrogens is 401 g/mol. The third-order valence-corrected chi connectivity index (χ3v) is 6.91. The Bertz CT molecular complexity index is 1010. The van der Waals surface area contributed by atoms with Gasteiger partial charge in [-0.3, -0.25) is 0 Å². The molecule has 10 heteroatoms. The maximum Gasteiger partial charge on any atom is 0.220 e. The van der Waals surface area contributed by atoms with Crippen molar-refractivity contribution >= 4 is 33.6 Å². The van der Waals surface area contributed by atoms with Crippen molar-refractivity contribution in [1.82, 2.24) is 10.3 Å². The lowest BCUT2D eigenvalue weighted by atomic mass is 10.1. The van der Waals surface area contributed by atoms with Gasteiger partial charge in [0, 0.05) is 40.9 Å². The normalized spacial score (nSPS) is 11.2. The highest BCUT2D eigenvalue weighted by Gasteiger charge is 2.27. The van der Waals surface area contributed by atoms with Gasteiger partial charge in [0.05, 0.1) is 4.90 Å². The summed E-state index contributed by atoms with van der Waals surface area (Å²) in [5.74, 6) is -0.738. The van der Waals surface area contributed by atoms with Crippen molar-refractivity contribution in [2.24, 2.45) is 0 Å². The molecule has 0 unspecified atom stereocenters. The molecule has 6 nitrogen and oxygen atoms in total. The van der Waals surface area contributed by atoms with E-state index in [-0.39, 0.29) is 32.6 Å². The third-order valence-electron chi connectivity index (χ3n) is 3.48. The molecule has 0 saturated heterocycles. The largest absolute Gasteiger partial charge is 0.619 e. The average Bonchev–Trinajstić information content (AvgIpc) is 3.00. The summed E-state index contributed by atoms with van der Waals surface area (Å²) in [6.45, 7) is 0.449. The minimum atomic E-state index is -3.90. The zero-order valence-electron chi connectivity index (χ0n) is 13.5. The first-order chi connectivity index (χ1) is 11.9. The van der Waals surface area contributed by atoms with Gasteiger partial charge in [0.1, 0.15) is 4.21 Å². The predicted molar refractivity (Wildman–Crippen MR) is 98.4 cm³/mol. The van der Waals surface area contributed by atoms with E-state index < -0.39 is 15.8 Å².